The molecule has 2 aromatic carbocycles. The maximum absolute atomic E-state index is 11.2. The van der Waals surface area contributed by atoms with Crippen LogP contribution in [-0.2, 0) is 13.0 Å². The normalized spacial score (nSPS) is 13.9. The molecule has 0 aliphatic heterocycles. The molecule has 2 N–H and O–H groups in total. The zero-order valence-corrected chi connectivity index (χ0v) is 19.9. The highest BCUT2D eigenvalue weighted by Gasteiger charge is 2.15. The van der Waals surface area contributed by atoms with Crippen molar-refractivity contribution in [3.05, 3.63) is 89.6 Å². The van der Waals surface area contributed by atoms with Gasteiger partial charge in [-0.1, -0.05) is 68.1 Å². The van der Waals surface area contributed by atoms with Crippen molar-refractivity contribution in [3.8, 4) is 11.6 Å². The number of nitrogens with zero attached hydrogens (tertiary/aromatic N) is 2. The highest BCUT2D eigenvalue weighted by molar-refractivity contribution is 5.92. The van der Waals surface area contributed by atoms with Crippen LogP contribution in [0.15, 0.2) is 72.9 Å². The molecule has 1 aliphatic carbocycles. The van der Waals surface area contributed by atoms with Gasteiger partial charge in [-0.15, -0.1) is 0 Å². The van der Waals surface area contributed by atoms with Gasteiger partial charge in [0.1, 0.15) is 5.75 Å². The second-order valence-corrected chi connectivity index (χ2v) is 9.30. The largest absolute Gasteiger partial charge is 0.439 e. The van der Waals surface area contributed by atoms with Crippen molar-refractivity contribution in [2.75, 3.05) is 13.1 Å². The Labute approximate surface area is 203 Å². The molecule has 0 spiro atoms. The number of ether oxygens (including phenoxy) is 1. The number of nitrogens with two attached hydrogens (primary N) is 1. The fraction of sp³-hybridized carbons (Fsp3) is 0.379. The Bertz CT molecular complexity index is 1010. The van der Waals surface area contributed by atoms with Crippen LogP contribution in [-0.4, -0.2) is 28.9 Å². The van der Waals surface area contributed by atoms with Crippen LogP contribution in [0.4, 0.5) is 0 Å². The van der Waals surface area contributed by atoms with Gasteiger partial charge in [-0.05, 0) is 61.1 Å². The van der Waals surface area contributed by atoms with Crippen LogP contribution >= 0.6 is 0 Å². The van der Waals surface area contributed by atoms with Crippen LogP contribution in [0.1, 0.15) is 60.0 Å². The molecule has 0 unspecified atom stereocenters. The van der Waals surface area contributed by atoms with Crippen LogP contribution in [0.3, 0.4) is 0 Å². The summed E-state index contributed by atoms with van der Waals surface area (Å²) in [4.78, 5) is 17.9. The van der Waals surface area contributed by atoms with Gasteiger partial charge in [-0.2, -0.15) is 0 Å². The van der Waals surface area contributed by atoms with E-state index in [9.17, 15) is 4.79 Å². The maximum atomic E-state index is 11.2. The van der Waals surface area contributed by atoms with Gasteiger partial charge in [0, 0.05) is 25.4 Å². The standard InChI is InChI=1S/C29H35N3O2/c30-29(33)26-14-17-28(31-21-26)34-27-15-12-24(13-16-27)18-20-32(22-25-9-2-1-3-10-25)19-6-11-23-7-4-5-8-23/h1-3,9-10,12-17,21,23H,4-8,11,18-20,22H2,(H2,30,33). The maximum Gasteiger partial charge on any atom is 0.250 e. The number of amides is 1. The van der Waals surface area contributed by atoms with E-state index in [0.717, 1.165) is 37.7 Å². The predicted molar refractivity (Wildman–Crippen MR) is 136 cm³/mol. The molecule has 5 heteroatoms. The molecule has 0 atom stereocenters. The van der Waals surface area contributed by atoms with Crippen molar-refractivity contribution in [2.45, 2.75) is 51.5 Å². The second-order valence-electron chi connectivity index (χ2n) is 9.30. The highest BCUT2D eigenvalue weighted by Crippen LogP contribution is 2.28. The predicted octanol–water partition coefficient (Wildman–Crippen LogP) is 5.99. The van der Waals surface area contributed by atoms with E-state index in [-0.39, 0.29) is 0 Å². The number of primary amides is 1. The molecule has 3 aromatic rings. The van der Waals surface area contributed by atoms with Crippen LogP contribution in [0.25, 0.3) is 0 Å². The van der Waals surface area contributed by atoms with Gasteiger partial charge in [-0.3, -0.25) is 9.69 Å². The average Bonchev–Trinajstić information content (AvgIpc) is 3.38. The Morgan fingerprint density at radius 3 is 2.38 bits per heavy atom. The minimum Gasteiger partial charge on any atom is -0.439 e. The van der Waals surface area contributed by atoms with Gasteiger partial charge >= 0.3 is 0 Å². The Balaban J connectivity index is 1.29. The second kappa shape index (κ2) is 12.3. The number of aromatic nitrogens is 1. The van der Waals surface area contributed by atoms with E-state index in [0.29, 0.717) is 11.4 Å². The number of pyridine rings is 1. The summed E-state index contributed by atoms with van der Waals surface area (Å²) in [5, 5.41) is 0. The lowest BCUT2D eigenvalue weighted by atomic mass is 10.0. The van der Waals surface area contributed by atoms with Crippen molar-refractivity contribution in [1.29, 1.82) is 0 Å². The number of carbonyl (C=O) groups excluding carboxylic acids is 1. The summed E-state index contributed by atoms with van der Waals surface area (Å²) in [5.74, 6) is 1.62. The lowest BCUT2D eigenvalue weighted by molar-refractivity contribution is 0.1000. The molecule has 1 fully saturated rings. The Kier molecular flexibility index (Phi) is 8.69. The molecule has 5 nitrogen and oxygen atoms in total. The van der Waals surface area contributed by atoms with Crippen molar-refractivity contribution in [1.82, 2.24) is 9.88 Å². The SMILES string of the molecule is NC(=O)c1ccc(Oc2ccc(CCN(CCCC3CCCC3)Cc3ccccc3)cc2)nc1. The molecule has 1 aliphatic rings. The van der Waals surface area contributed by atoms with Gasteiger partial charge in [0.2, 0.25) is 11.8 Å². The third-order valence-electron chi connectivity index (χ3n) is 6.69. The third-order valence-corrected chi connectivity index (χ3v) is 6.69. The molecule has 1 amide bonds. The topological polar surface area (TPSA) is 68.5 Å². The molecule has 0 bridgehead atoms. The number of benzene rings is 2. The minimum atomic E-state index is -0.497. The molecule has 1 saturated carbocycles. The van der Waals surface area contributed by atoms with E-state index in [2.05, 4.69) is 52.3 Å². The zero-order chi connectivity index (χ0) is 23.6. The van der Waals surface area contributed by atoms with Crippen molar-refractivity contribution in [3.63, 3.8) is 0 Å². The van der Waals surface area contributed by atoms with Crippen LogP contribution in [0, 0.1) is 5.92 Å². The number of hydrogen-bond acceptors (Lipinski definition) is 4. The van der Waals surface area contributed by atoms with Crippen molar-refractivity contribution < 1.29 is 9.53 Å². The molecule has 34 heavy (non-hydrogen) atoms. The summed E-state index contributed by atoms with van der Waals surface area (Å²) in [7, 11) is 0. The molecule has 178 valence electrons. The van der Waals surface area contributed by atoms with Gasteiger partial charge in [-0.25, -0.2) is 4.98 Å². The van der Waals surface area contributed by atoms with Crippen molar-refractivity contribution >= 4 is 5.91 Å². The molecule has 1 aromatic heterocycles. The Morgan fingerprint density at radius 2 is 1.71 bits per heavy atom. The van der Waals surface area contributed by atoms with Crippen LogP contribution in [0.5, 0.6) is 11.6 Å². The third kappa shape index (κ3) is 7.42. The first-order valence-corrected chi connectivity index (χ1v) is 12.4. The molecular formula is C29H35N3O2. The van der Waals surface area contributed by atoms with E-state index in [1.165, 1.54) is 55.8 Å². The quantitative estimate of drug-likeness (QED) is 0.363. The monoisotopic (exact) mass is 457 g/mol. The Morgan fingerprint density at radius 1 is 0.941 bits per heavy atom. The molecule has 0 saturated heterocycles. The first-order valence-electron chi connectivity index (χ1n) is 12.4. The Hall–Kier alpha value is -3.18. The summed E-state index contributed by atoms with van der Waals surface area (Å²) in [6.07, 6.45) is 10.8. The fourth-order valence-corrected chi connectivity index (χ4v) is 4.73. The number of hydrogen-bond donors (Lipinski definition) is 1. The van der Waals surface area contributed by atoms with Gasteiger partial charge < -0.3 is 10.5 Å². The summed E-state index contributed by atoms with van der Waals surface area (Å²) < 4.78 is 5.80. The first-order chi connectivity index (χ1) is 16.7. The van der Waals surface area contributed by atoms with E-state index in [1.807, 2.05) is 12.1 Å². The van der Waals surface area contributed by atoms with Crippen LogP contribution in [0.2, 0.25) is 0 Å². The van der Waals surface area contributed by atoms with E-state index < -0.39 is 5.91 Å². The van der Waals surface area contributed by atoms with Gasteiger partial charge in [0.15, 0.2) is 0 Å². The highest BCUT2D eigenvalue weighted by atomic mass is 16.5. The first kappa shape index (κ1) is 24.0. The molecule has 4 rings (SSSR count). The molecule has 0 radical (unpaired) electrons. The van der Waals surface area contributed by atoms with E-state index in [1.54, 1.807) is 12.1 Å². The molecule has 1 heterocycles. The van der Waals surface area contributed by atoms with Crippen molar-refractivity contribution in [2.24, 2.45) is 11.7 Å². The average molecular weight is 458 g/mol. The van der Waals surface area contributed by atoms with Gasteiger partial charge in [0.25, 0.3) is 0 Å². The summed E-state index contributed by atoms with van der Waals surface area (Å²) in [6, 6.07) is 22.2. The lowest BCUT2D eigenvalue weighted by Crippen LogP contribution is -2.27. The van der Waals surface area contributed by atoms with Gasteiger partial charge in [0.05, 0.1) is 5.56 Å². The summed E-state index contributed by atoms with van der Waals surface area (Å²) in [5.41, 5.74) is 8.29. The number of rotatable bonds is 12. The summed E-state index contributed by atoms with van der Waals surface area (Å²) >= 11 is 0. The number of carbonyl (C=O) groups is 1. The van der Waals surface area contributed by atoms with E-state index >= 15 is 0 Å². The smallest absolute Gasteiger partial charge is 0.250 e. The fourth-order valence-electron chi connectivity index (χ4n) is 4.73. The zero-order valence-electron chi connectivity index (χ0n) is 19.9. The van der Waals surface area contributed by atoms with E-state index in [4.69, 9.17) is 10.5 Å². The minimum absolute atomic E-state index is 0.367. The summed E-state index contributed by atoms with van der Waals surface area (Å²) in [6.45, 7) is 3.19. The lowest BCUT2D eigenvalue weighted by Gasteiger charge is -2.23. The molecular weight excluding hydrogens is 422 g/mol. The van der Waals surface area contributed by atoms with Crippen LogP contribution < -0.4 is 10.5 Å².